The maximum atomic E-state index is 12.1. The molecule has 0 aromatic carbocycles. The predicted octanol–water partition coefficient (Wildman–Crippen LogP) is 1.24. The Morgan fingerprint density at radius 2 is 2.56 bits per heavy atom. The molecule has 4 nitrogen and oxygen atoms in total. The monoisotopic (exact) mass is 222 g/mol. The third-order valence-corrected chi connectivity index (χ3v) is 3.02. The lowest BCUT2D eigenvalue weighted by Crippen LogP contribution is -2.41. The highest BCUT2D eigenvalue weighted by Gasteiger charge is 2.23. The van der Waals surface area contributed by atoms with Gasteiger partial charge in [0.05, 0.1) is 18.4 Å². The van der Waals surface area contributed by atoms with Gasteiger partial charge in [-0.2, -0.15) is 0 Å². The van der Waals surface area contributed by atoms with E-state index in [1.54, 1.807) is 17.4 Å². The standard InChI is InChI=1S/C12H18N2O2/c1-14(8-10-4-6-16-9-10)12(15)11-3-2-5-13-7-11/h4,6,9,11,13H,2-3,5,7-8H2,1H3. The van der Waals surface area contributed by atoms with E-state index in [4.69, 9.17) is 4.42 Å². The molecule has 1 N–H and O–H groups in total. The normalized spacial score (nSPS) is 20.7. The Morgan fingerprint density at radius 3 is 3.19 bits per heavy atom. The van der Waals surface area contributed by atoms with Gasteiger partial charge in [0.25, 0.3) is 0 Å². The maximum Gasteiger partial charge on any atom is 0.227 e. The number of furan rings is 1. The van der Waals surface area contributed by atoms with Crippen LogP contribution >= 0.6 is 0 Å². The second kappa shape index (κ2) is 5.16. The van der Waals surface area contributed by atoms with E-state index in [-0.39, 0.29) is 11.8 Å². The topological polar surface area (TPSA) is 45.5 Å². The minimum atomic E-state index is 0.144. The fourth-order valence-electron chi connectivity index (χ4n) is 2.11. The summed E-state index contributed by atoms with van der Waals surface area (Å²) in [4.78, 5) is 13.9. The van der Waals surface area contributed by atoms with Gasteiger partial charge < -0.3 is 14.6 Å². The van der Waals surface area contributed by atoms with Gasteiger partial charge in [-0.05, 0) is 25.5 Å². The molecular weight excluding hydrogens is 204 g/mol. The zero-order valence-corrected chi connectivity index (χ0v) is 9.61. The highest BCUT2D eigenvalue weighted by atomic mass is 16.3. The molecule has 1 fully saturated rings. The quantitative estimate of drug-likeness (QED) is 0.837. The molecule has 0 saturated carbocycles. The third kappa shape index (κ3) is 2.64. The Kier molecular flexibility index (Phi) is 3.62. The molecule has 1 unspecified atom stereocenters. The third-order valence-electron chi connectivity index (χ3n) is 3.02. The molecule has 1 amide bonds. The molecule has 1 saturated heterocycles. The van der Waals surface area contributed by atoms with Gasteiger partial charge >= 0.3 is 0 Å². The first kappa shape index (κ1) is 11.2. The molecule has 0 bridgehead atoms. The first-order valence-electron chi connectivity index (χ1n) is 5.74. The minimum absolute atomic E-state index is 0.144. The molecule has 16 heavy (non-hydrogen) atoms. The van der Waals surface area contributed by atoms with E-state index in [0.29, 0.717) is 6.54 Å². The lowest BCUT2D eigenvalue weighted by atomic mass is 9.98. The molecule has 2 rings (SSSR count). The van der Waals surface area contributed by atoms with Crippen LogP contribution in [0.1, 0.15) is 18.4 Å². The van der Waals surface area contributed by atoms with Gasteiger partial charge in [0.2, 0.25) is 5.91 Å². The first-order chi connectivity index (χ1) is 7.77. The highest BCUT2D eigenvalue weighted by Crippen LogP contribution is 2.14. The van der Waals surface area contributed by atoms with Crippen molar-refractivity contribution in [2.45, 2.75) is 19.4 Å². The van der Waals surface area contributed by atoms with Crippen molar-refractivity contribution >= 4 is 5.91 Å². The summed E-state index contributed by atoms with van der Waals surface area (Å²) in [7, 11) is 1.85. The van der Waals surface area contributed by atoms with Crippen LogP contribution in [-0.2, 0) is 11.3 Å². The van der Waals surface area contributed by atoms with Crippen LogP contribution < -0.4 is 5.32 Å². The summed E-state index contributed by atoms with van der Waals surface area (Å²) in [6.45, 7) is 2.48. The minimum Gasteiger partial charge on any atom is -0.472 e. The Morgan fingerprint density at radius 1 is 1.69 bits per heavy atom. The maximum absolute atomic E-state index is 12.1. The van der Waals surface area contributed by atoms with Crippen molar-refractivity contribution < 1.29 is 9.21 Å². The van der Waals surface area contributed by atoms with Crippen LogP contribution in [0.15, 0.2) is 23.0 Å². The van der Waals surface area contributed by atoms with Crippen molar-refractivity contribution in [1.29, 1.82) is 0 Å². The Balaban J connectivity index is 1.88. The number of piperidine rings is 1. The smallest absolute Gasteiger partial charge is 0.227 e. The largest absolute Gasteiger partial charge is 0.472 e. The lowest BCUT2D eigenvalue weighted by Gasteiger charge is -2.26. The summed E-state index contributed by atoms with van der Waals surface area (Å²) in [6.07, 6.45) is 5.41. The average molecular weight is 222 g/mol. The van der Waals surface area contributed by atoms with Gasteiger partial charge in [-0.25, -0.2) is 0 Å². The van der Waals surface area contributed by atoms with E-state index < -0.39 is 0 Å². The molecule has 2 heterocycles. The van der Waals surface area contributed by atoms with Gasteiger partial charge in [-0.1, -0.05) is 0 Å². The predicted molar refractivity (Wildman–Crippen MR) is 60.8 cm³/mol. The van der Waals surface area contributed by atoms with E-state index in [2.05, 4.69) is 5.32 Å². The van der Waals surface area contributed by atoms with Crippen LogP contribution in [0.2, 0.25) is 0 Å². The second-order valence-electron chi connectivity index (χ2n) is 4.37. The van der Waals surface area contributed by atoms with Gasteiger partial charge in [-0.3, -0.25) is 4.79 Å². The number of nitrogens with one attached hydrogen (secondary N) is 1. The van der Waals surface area contributed by atoms with Crippen LogP contribution in [0.25, 0.3) is 0 Å². The number of nitrogens with zero attached hydrogens (tertiary/aromatic N) is 1. The number of hydrogen-bond acceptors (Lipinski definition) is 3. The Bertz CT molecular complexity index is 329. The van der Waals surface area contributed by atoms with Crippen LogP contribution in [0, 0.1) is 5.92 Å². The first-order valence-corrected chi connectivity index (χ1v) is 5.74. The van der Waals surface area contributed by atoms with E-state index in [1.165, 1.54) is 0 Å². The fourth-order valence-corrected chi connectivity index (χ4v) is 2.11. The molecule has 1 aromatic rings. The number of carbonyl (C=O) groups is 1. The molecule has 4 heteroatoms. The highest BCUT2D eigenvalue weighted by molar-refractivity contribution is 5.78. The Labute approximate surface area is 95.6 Å². The van der Waals surface area contributed by atoms with Crippen LogP contribution in [0.4, 0.5) is 0 Å². The summed E-state index contributed by atoms with van der Waals surface area (Å²) in [5, 5.41) is 3.26. The summed E-state index contributed by atoms with van der Waals surface area (Å²) in [6, 6.07) is 1.89. The van der Waals surface area contributed by atoms with Gasteiger partial charge in [0.15, 0.2) is 0 Å². The van der Waals surface area contributed by atoms with Crippen LogP contribution in [0.3, 0.4) is 0 Å². The summed E-state index contributed by atoms with van der Waals surface area (Å²) in [5.74, 6) is 0.374. The van der Waals surface area contributed by atoms with Crippen molar-refractivity contribution in [2.24, 2.45) is 5.92 Å². The van der Waals surface area contributed by atoms with Crippen LogP contribution in [-0.4, -0.2) is 30.9 Å². The SMILES string of the molecule is CN(Cc1ccoc1)C(=O)C1CCCNC1. The van der Waals surface area contributed by atoms with Crippen LogP contribution in [0.5, 0.6) is 0 Å². The zero-order chi connectivity index (χ0) is 11.4. The number of amides is 1. The Hall–Kier alpha value is -1.29. The summed E-state index contributed by atoms with van der Waals surface area (Å²) < 4.78 is 4.99. The molecule has 1 aliphatic rings. The number of rotatable bonds is 3. The van der Waals surface area contributed by atoms with Gasteiger partial charge in [-0.15, -0.1) is 0 Å². The van der Waals surface area contributed by atoms with Gasteiger partial charge in [0.1, 0.15) is 0 Å². The lowest BCUT2D eigenvalue weighted by molar-refractivity contribution is -0.135. The van der Waals surface area contributed by atoms with Crippen molar-refractivity contribution in [3.63, 3.8) is 0 Å². The molecule has 0 aliphatic carbocycles. The molecule has 1 aromatic heterocycles. The van der Waals surface area contributed by atoms with Crippen molar-refractivity contribution in [3.05, 3.63) is 24.2 Å². The van der Waals surface area contributed by atoms with Crippen molar-refractivity contribution in [2.75, 3.05) is 20.1 Å². The van der Waals surface area contributed by atoms with E-state index in [9.17, 15) is 4.79 Å². The van der Waals surface area contributed by atoms with Crippen molar-refractivity contribution in [1.82, 2.24) is 10.2 Å². The molecule has 1 atom stereocenters. The molecular formula is C12H18N2O2. The van der Waals surface area contributed by atoms with Gasteiger partial charge in [0, 0.05) is 25.7 Å². The number of carbonyl (C=O) groups excluding carboxylic acids is 1. The molecule has 88 valence electrons. The molecule has 1 aliphatic heterocycles. The van der Waals surface area contributed by atoms with E-state index in [1.807, 2.05) is 13.1 Å². The van der Waals surface area contributed by atoms with Crippen molar-refractivity contribution in [3.8, 4) is 0 Å². The summed E-state index contributed by atoms with van der Waals surface area (Å²) >= 11 is 0. The zero-order valence-electron chi connectivity index (χ0n) is 9.61. The molecule has 0 spiro atoms. The van der Waals surface area contributed by atoms with E-state index >= 15 is 0 Å². The van der Waals surface area contributed by atoms with E-state index in [0.717, 1.165) is 31.5 Å². The fraction of sp³-hybridized carbons (Fsp3) is 0.583. The average Bonchev–Trinajstić information content (AvgIpc) is 2.82. The number of hydrogen-bond donors (Lipinski definition) is 1. The molecule has 0 radical (unpaired) electrons. The summed E-state index contributed by atoms with van der Waals surface area (Å²) in [5.41, 5.74) is 1.04. The second-order valence-corrected chi connectivity index (χ2v) is 4.37.